The first-order valence-electron chi connectivity index (χ1n) is 4.96. The number of hydrogen-bond acceptors (Lipinski definition) is 3. The van der Waals surface area contributed by atoms with Crippen LogP contribution in [-0.4, -0.2) is 6.04 Å². The first kappa shape index (κ1) is 10.9. The Morgan fingerprint density at radius 1 is 1.43 bits per heavy atom. The first-order chi connectivity index (χ1) is 6.56. The fraction of sp³-hybridized carbons (Fsp3) is 0.455. The summed E-state index contributed by atoms with van der Waals surface area (Å²) in [5, 5.41) is 1.73. The van der Waals surface area contributed by atoms with E-state index >= 15 is 0 Å². The monoisotopic (exact) mass is 193 g/mol. The molecular weight excluding hydrogens is 174 g/mol. The van der Waals surface area contributed by atoms with Gasteiger partial charge in [0.15, 0.2) is 0 Å². The molecule has 3 heteroatoms. The molecule has 0 spiro atoms. The second-order valence-corrected chi connectivity index (χ2v) is 3.73. The molecule has 1 atom stereocenters. The Kier molecular flexibility index (Phi) is 3.36. The molecule has 0 aliphatic heterocycles. The summed E-state index contributed by atoms with van der Waals surface area (Å²) in [6.07, 6.45) is 1.00. The first-order valence-corrected chi connectivity index (χ1v) is 4.96. The molecule has 0 saturated carbocycles. The minimum Gasteiger partial charge on any atom is -0.397 e. The molecule has 3 nitrogen and oxygen atoms in total. The molecule has 0 aliphatic carbocycles. The van der Waals surface area contributed by atoms with Crippen LogP contribution >= 0.6 is 0 Å². The van der Waals surface area contributed by atoms with E-state index in [0.29, 0.717) is 6.04 Å². The fourth-order valence-corrected chi connectivity index (χ4v) is 1.34. The summed E-state index contributed by atoms with van der Waals surface area (Å²) in [4.78, 5) is 0. The number of nitrogens with zero attached hydrogens (tertiary/aromatic N) is 1. The molecule has 1 aromatic carbocycles. The van der Waals surface area contributed by atoms with Crippen molar-refractivity contribution in [2.75, 3.05) is 10.7 Å². The second kappa shape index (κ2) is 4.33. The average molecular weight is 193 g/mol. The standard InChI is InChI=1S/C11H19N3/c1-4-9(3)14(13)11-6-5-8(2)7-10(11)12/h5-7,9H,4,12-13H2,1-3H3. The zero-order valence-corrected chi connectivity index (χ0v) is 9.12. The van der Waals surface area contributed by atoms with Gasteiger partial charge < -0.3 is 10.7 Å². The average Bonchev–Trinajstić information content (AvgIpc) is 2.15. The smallest absolute Gasteiger partial charge is 0.0749 e. The van der Waals surface area contributed by atoms with E-state index in [4.69, 9.17) is 11.6 Å². The number of hydrazine groups is 1. The Morgan fingerprint density at radius 2 is 2.07 bits per heavy atom. The van der Waals surface area contributed by atoms with Gasteiger partial charge >= 0.3 is 0 Å². The molecule has 0 radical (unpaired) electrons. The Balaban J connectivity index is 2.95. The predicted octanol–water partition coefficient (Wildman–Crippen LogP) is 2.06. The lowest BCUT2D eigenvalue weighted by Crippen LogP contribution is -2.39. The zero-order valence-electron chi connectivity index (χ0n) is 9.12. The van der Waals surface area contributed by atoms with E-state index in [9.17, 15) is 0 Å². The van der Waals surface area contributed by atoms with Gasteiger partial charge in [-0.25, -0.2) is 5.84 Å². The number of aryl methyl sites for hydroxylation is 1. The van der Waals surface area contributed by atoms with Gasteiger partial charge in [0, 0.05) is 6.04 Å². The normalized spacial score (nSPS) is 12.6. The molecule has 78 valence electrons. The third-order valence-corrected chi connectivity index (χ3v) is 2.53. The van der Waals surface area contributed by atoms with Crippen molar-refractivity contribution >= 4 is 11.4 Å². The van der Waals surface area contributed by atoms with Gasteiger partial charge in [0.25, 0.3) is 0 Å². The van der Waals surface area contributed by atoms with Crippen LogP contribution in [0.2, 0.25) is 0 Å². The van der Waals surface area contributed by atoms with E-state index in [0.717, 1.165) is 23.4 Å². The maximum absolute atomic E-state index is 5.95. The zero-order chi connectivity index (χ0) is 10.7. The highest BCUT2D eigenvalue weighted by atomic mass is 15.4. The van der Waals surface area contributed by atoms with Crippen LogP contribution in [0.15, 0.2) is 18.2 Å². The minimum absolute atomic E-state index is 0.306. The molecule has 1 unspecified atom stereocenters. The molecule has 0 aliphatic rings. The van der Waals surface area contributed by atoms with E-state index in [1.807, 2.05) is 25.1 Å². The van der Waals surface area contributed by atoms with Gasteiger partial charge in [-0.05, 0) is 38.0 Å². The molecule has 0 bridgehead atoms. The van der Waals surface area contributed by atoms with Gasteiger partial charge in [-0.1, -0.05) is 13.0 Å². The minimum atomic E-state index is 0.306. The summed E-state index contributed by atoms with van der Waals surface area (Å²) in [5.41, 5.74) is 8.70. The third-order valence-electron chi connectivity index (χ3n) is 2.53. The summed E-state index contributed by atoms with van der Waals surface area (Å²) in [5.74, 6) is 5.95. The summed E-state index contributed by atoms with van der Waals surface area (Å²) < 4.78 is 0. The maximum Gasteiger partial charge on any atom is 0.0749 e. The molecule has 4 N–H and O–H groups in total. The summed E-state index contributed by atoms with van der Waals surface area (Å²) >= 11 is 0. The van der Waals surface area contributed by atoms with Gasteiger partial charge in [-0.3, -0.25) is 0 Å². The second-order valence-electron chi connectivity index (χ2n) is 3.73. The Labute approximate surface area is 85.7 Å². The third kappa shape index (κ3) is 2.17. The number of nitrogen functional groups attached to an aromatic ring is 1. The number of anilines is 2. The van der Waals surface area contributed by atoms with Crippen molar-refractivity contribution in [3.63, 3.8) is 0 Å². The van der Waals surface area contributed by atoms with Crippen LogP contribution in [0.3, 0.4) is 0 Å². The Bertz CT molecular complexity index is 309. The SMILES string of the molecule is CCC(C)N(N)c1ccc(C)cc1N. The van der Waals surface area contributed by atoms with Crippen LogP contribution in [0.5, 0.6) is 0 Å². The molecule has 0 heterocycles. The van der Waals surface area contributed by atoms with Crippen molar-refractivity contribution < 1.29 is 0 Å². The van der Waals surface area contributed by atoms with E-state index in [1.165, 1.54) is 0 Å². The lowest BCUT2D eigenvalue weighted by atomic mass is 10.1. The van der Waals surface area contributed by atoms with Crippen LogP contribution in [0.1, 0.15) is 25.8 Å². The van der Waals surface area contributed by atoms with Crippen molar-refractivity contribution in [3.8, 4) is 0 Å². The summed E-state index contributed by atoms with van der Waals surface area (Å²) in [6, 6.07) is 6.24. The molecule has 14 heavy (non-hydrogen) atoms. The molecule has 1 rings (SSSR count). The molecule has 1 aromatic rings. The van der Waals surface area contributed by atoms with Crippen molar-refractivity contribution in [1.29, 1.82) is 0 Å². The molecular formula is C11H19N3. The lowest BCUT2D eigenvalue weighted by Gasteiger charge is -2.26. The van der Waals surface area contributed by atoms with E-state index in [-0.39, 0.29) is 0 Å². The molecule has 0 aromatic heterocycles. The van der Waals surface area contributed by atoms with E-state index in [2.05, 4.69) is 13.8 Å². The van der Waals surface area contributed by atoms with Crippen LogP contribution < -0.4 is 16.6 Å². The fourth-order valence-electron chi connectivity index (χ4n) is 1.34. The molecule has 0 saturated heterocycles. The van der Waals surface area contributed by atoms with Gasteiger partial charge in [-0.2, -0.15) is 0 Å². The van der Waals surface area contributed by atoms with Crippen molar-refractivity contribution in [3.05, 3.63) is 23.8 Å². The highest BCUT2D eigenvalue weighted by molar-refractivity contribution is 5.68. The molecule has 0 amide bonds. The van der Waals surface area contributed by atoms with Crippen molar-refractivity contribution in [2.24, 2.45) is 5.84 Å². The van der Waals surface area contributed by atoms with E-state index in [1.54, 1.807) is 5.01 Å². The van der Waals surface area contributed by atoms with Gasteiger partial charge in [0.1, 0.15) is 0 Å². The van der Waals surface area contributed by atoms with Crippen LogP contribution in [0.4, 0.5) is 11.4 Å². The topological polar surface area (TPSA) is 55.3 Å². The van der Waals surface area contributed by atoms with Crippen LogP contribution in [0.25, 0.3) is 0 Å². The van der Waals surface area contributed by atoms with Crippen LogP contribution in [-0.2, 0) is 0 Å². The number of benzene rings is 1. The largest absolute Gasteiger partial charge is 0.397 e. The number of nitrogens with two attached hydrogens (primary N) is 2. The molecule has 0 fully saturated rings. The number of hydrogen-bond donors (Lipinski definition) is 2. The predicted molar refractivity (Wildman–Crippen MR) is 62.0 cm³/mol. The van der Waals surface area contributed by atoms with Gasteiger partial charge in [-0.15, -0.1) is 0 Å². The van der Waals surface area contributed by atoms with Crippen molar-refractivity contribution in [2.45, 2.75) is 33.2 Å². The highest BCUT2D eigenvalue weighted by Gasteiger charge is 2.10. The summed E-state index contributed by atoms with van der Waals surface area (Å²) in [6.45, 7) is 6.21. The lowest BCUT2D eigenvalue weighted by molar-refractivity contribution is 0.634. The van der Waals surface area contributed by atoms with Crippen LogP contribution in [0, 0.1) is 6.92 Å². The maximum atomic E-state index is 5.95. The Hall–Kier alpha value is -1.22. The quantitative estimate of drug-likeness (QED) is 0.439. The highest BCUT2D eigenvalue weighted by Crippen LogP contribution is 2.23. The van der Waals surface area contributed by atoms with Crippen molar-refractivity contribution in [1.82, 2.24) is 0 Å². The van der Waals surface area contributed by atoms with Gasteiger partial charge in [0.05, 0.1) is 11.4 Å². The Morgan fingerprint density at radius 3 is 2.57 bits per heavy atom. The van der Waals surface area contributed by atoms with Gasteiger partial charge in [0.2, 0.25) is 0 Å². The number of rotatable bonds is 3. The summed E-state index contributed by atoms with van der Waals surface area (Å²) in [7, 11) is 0. The van der Waals surface area contributed by atoms with E-state index < -0.39 is 0 Å².